The maximum atomic E-state index is 6.27. The molecule has 0 unspecified atom stereocenters. The third-order valence-electron chi connectivity index (χ3n) is 3.49. The molecule has 8 heteroatoms. The van der Waals surface area contributed by atoms with Crippen molar-refractivity contribution in [2.45, 2.75) is 0 Å². The van der Waals surface area contributed by atoms with Crippen LogP contribution in [0.5, 0.6) is 0 Å². The fourth-order valence-electron chi connectivity index (χ4n) is 2.34. The lowest BCUT2D eigenvalue weighted by molar-refractivity contribution is 1.33. The number of nitrogens with zero attached hydrogens (tertiary/aromatic N) is 1. The average molecular weight is 453 g/mol. The van der Waals surface area contributed by atoms with Crippen LogP contribution in [0, 0.1) is 0 Å². The van der Waals surface area contributed by atoms with Crippen molar-refractivity contribution in [1.29, 1.82) is 0 Å². The first-order chi connectivity index (χ1) is 11.8. The van der Waals surface area contributed by atoms with Gasteiger partial charge in [-0.05, 0) is 30.3 Å². The molecular formula is C17H8Cl6N2. The Balaban J connectivity index is 2.15. The highest BCUT2D eigenvalue weighted by Crippen LogP contribution is 2.41. The summed E-state index contributed by atoms with van der Waals surface area (Å²) in [5.74, 6) is 0. The van der Waals surface area contributed by atoms with Crippen molar-refractivity contribution in [2.24, 2.45) is 0 Å². The molecule has 0 fully saturated rings. The van der Waals surface area contributed by atoms with E-state index in [0.717, 1.165) is 0 Å². The zero-order valence-corrected chi connectivity index (χ0v) is 16.8. The van der Waals surface area contributed by atoms with Gasteiger partial charge in [0.2, 0.25) is 0 Å². The number of nitrogens with two attached hydrogens (primary N) is 1. The second-order valence-corrected chi connectivity index (χ2v) is 7.60. The van der Waals surface area contributed by atoms with Crippen LogP contribution in [0.25, 0.3) is 22.4 Å². The summed E-state index contributed by atoms with van der Waals surface area (Å²) >= 11 is 36.8. The first kappa shape index (κ1) is 18.9. The molecule has 0 bridgehead atoms. The van der Waals surface area contributed by atoms with E-state index < -0.39 is 0 Å². The van der Waals surface area contributed by atoms with Crippen molar-refractivity contribution in [1.82, 2.24) is 4.98 Å². The molecule has 2 nitrogen and oxygen atoms in total. The van der Waals surface area contributed by atoms with Crippen LogP contribution in [0.3, 0.4) is 0 Å². The first-order valence-electron chi connectivity index (χ1n) is 6.83. The van der Waals surface area contributed by atoms with Crippen LogP contribution in [0.1, 0.15) is 0 Å². The molecule has 2 N–H and O–H groups in total. The van der Waals surface area contributed by atoms with Gasteiger partial charge < -0.3 is 5.73 Å². The summed E-state index contributed by atoms with van der Waals surface area (Å²) in [6, 6.07) is 8.11. The van der Waals surface area contributed by atoms with Gasteiger partial charge in [0.15, 0.2) is 0 Å². The van der Waals surface area contributed by atoms with Crippen molar-refractivity contribution < 1.29 is 0 Å². The minimum atomic E-state index is 0.331. The lowest BCUT2D eigenvalue weighted by atomic mass is 10.0. The number of rotatable bonds is 2. The van der Waals surface area contributed by atoms with Gasteiger partial charge in [0.05, 0.1) is 25.8 Å². The number of aromatic nitrogens is 1. The first-order valence-corrected chi connectivity index (χ1v) is 9.10. The van der Waals surface area contributed by atoms with E-state index >= 15 is 0 Å². The summed E-state index contributed by atoms with van der Waals surface area (Å²) in [5, 5.41) is 2.23. The smallest absolute Gasteiger partial charge is 0.0738 e. The Morgan fingerprint density at radius 2 is 1.16 bits per heavy atom. The second-order valence-electron chi connectivity index (χ2n) is 5.16. The number of benzene rings is 2. The number of nitrogen functional groups attached to an aromatic ring is 1. The van der Waals surface area contributed by atoms with Crippen molar-refractivity contribution in [3.05, 3.63) is 66.7 Å². The molecule has 0 aliphatic rings. The van der Waals surface area contributed by atoms with Crippen molar-refractivity contribution in [3.63, 3.8) is 0 Å². The summed E-state index contributed by atoms with van der Waals surface area (Å²) in [4.78, 5) is 4.40. The fraction of sp³-hybridized carbons (Fsp3) is 0. The number of hydrogen-bond acceptors (Lipinski definition) is 2. The summed E-state index contributed by atoms with van der Waals surface area (Å²) < 4.78 is 0. The van der Waals surface area contributed by atoms with Crippen LogP contribution in [0.4, 0.5) is 5.69 Å². The Labute approximate surface area is 174 Å². The van der Waals surface area contributed by atoms with Crippen LogP contribution in [0.15, 0.2) is 36.5 Å². The monoisotopic (exact) mass is 450 g/mol. The summed E-state index contributed by atoms with van der Waals surface area (Å²) in [6.07, 6.45) is 1.57. The molecule has 1 aromatic heterocycles. The lowest BCUT2D eigenvalue weighted by Crippen LogP contribution is -1.95. The minimum absolute atomic E-state index is 0.331. The summed E-state index contributed by atoms with van der Waals surface area (Å²) in [6.45, 7) is 0. The van der Waals surface area contributed by atoms with E-state index in [2.05, 4.69) is 4.98 Å². The maximum absolute atomic E-state index is 6.27. The Hall–Kier alpha value is -0.870. The van der Waals surface area contributed by atoms with Gasteiger partial charge in [0.1, 0.15) is 0 Å². The van der Waals surface area contributed by atoms with Gasteiger partial charge in [0, 0.05) is 38.6 Å². The molecule has 2 aromatic carbocycles. The van der Waals surface area contributed by atoms with Gasteiger partial charge in [-0.15, -0.1) is 0 Å². The molecule has 1 heterocycles. The summed E-state index contributed by atoms with van der Waals surface area (Å²) in [5.41, 5.74) is 8.91. The molecule has 128 valence electrons. The van der Waals surface area contributed by atoms with E-state index in [1.807, 2.05) is 0 Å². The standard InChI is InChI=1S/C17H8Cl6N2/c18-7-1-9(16(22)12(20)3-7)11-6-25-15(5-14(11)24)10-2-8(19)4-13(21)17(10)23/h1-6H,(H2,24,25). The van der Waals surface area contributed by atoms with E-state index in [0.29, 0.717) is 58.2 Å². The predicted octanol–water partition coefficient (Wildman–Crippen LogP) is 7.92. The Morgan fingerprint density at radius 1 is 0.640 bits per heavy atom. The van der Waals surface area contributed by atoms with Gasteiger partial charge in [-0.3, -0.25) is 4.98 Å². The quantitative estimate of drug-likeness (QED) is 0.401. The SMILES string of the molecule is Nc1cc(-c2cc(Cl)cc(Cl)c2Cl)ncc1-c1cc(Cl)cc(Cl)c1Cl. The highest BCUT2D eigenvalue weighted by Gasteiger charge is 2.15. The van der Waals surface area contributed by atoms with Crippen molar-refractivity contribution in [2.75, 3.05) is 5.73 Å². The third-order valence-corrected chi connectivity index (χ3v) is 5.53. The van der Waals surface area contributed by atoms with Gasteiger partial charge >= 0.3 is 0 Å². The maximum Gasteiger partial charge on any atom is 0.0738 e. The molecule has 0 saturated heterocycles. The lowest BCUT2D eigenvalue weighted by Gasteiger charge is -2.12. The highest BCUT2D eigenvalue weighted by atomic mass is 35.5. The molecule has 0 amide bonds. The Kier molecular flexibility index (Phi) is 5.60. The molecule has 25 heavy (non-hydrogen) atoms. The molecule has 3 aromatic rings. The molecule has 0 radical (unpaired) electrons. The molecule has 3 rings (SSSR count). The summed E-state index contributed by atoms with van der Waals surface area (Å²) in [7, 11) is 0. The largest absolute Gasteiger partial charge is 0.398 e. The Bertz CT molecular complexity index is 987. The molecule has 0 aliphatic heterocycles. The molecule has 0 spiro atoms. The zero-order chi connectivity index (χ0) is 18.3. The predicted molar refractivity (Wildman–Crippen MR) is 110 cm³/mol. The van der Waals surface area contributed by atoms with E-state index in [9.17, 15) is 0 Å². The van der Waals surface area contributed by atoms with E-state index in [1.165, 1.54) is 0 Å². The number of halogens is 6. The fourth-order valence-corrected chi connectivity index (χ4v) is 3.74. The number of hydrogen-bond donors (Lipinski definition) is 1. The zero-order valence-electron chi connectivity index (χ0n) is 12.3. The Morgan fingerprint density at radius 3 is 1.72 bits per heavy atom. The van der Waals surface area contributed by atoms with Crippen LogP contribution >= 0.6 is 69.6 Å². The van der Waals surface area contributed by atoms with Gasteiger partial charge in [-0.1, -0.05) is 69.6 Å². The van der Waals surface area contributed by atoms with E-state index in [4.69, 9.17) is 75.3 Å². The molecular weight excluding hydrogens is 445 g/mol. The number of pyridine rings is 1. The van der Waals surface area contributed by atoms with Crippen LogP contribution in [0.2, 0.25) is 30.1 Å². The topological polar surface area (TPSA) is 38.9 Å². The van der Waals surface area contributed by atoms with E-state index in [-0.39, 0.29) is 0 Å². The van der Waals surface area contributed by atoms with Crippen LogP contribution in [-0.2, 0) is 0 Å². The van der Waals surface area contributed by atoms with Gasteiger partial charge in [0.25, 0.3) is 0 Å². The van der Waals surface area contributed by atoms with Crippen LogP contribution < -0.4 is 5.73 Å². The van der Waals surface area contributed by atoms with Gasteiger partial charge in [-0.25, -0.2) is 0 Å². The minimum Gasteiger partial charge on any atom is -0.398 e. The average Bonchev–Trinajstić information content (AvgIpc) is 2.54. The molecule has 0 saturated carbocycles. The van der Waals surface area contributed by atoms with Crippen molar-refractivity contribution >= 4 is 75.3 Å². The van der Waals surface area contributed by atoms with E-state index in [1.54, 1.807) is 36.5 Å². The van der Waals surface area contributed by atoms with Crippen molar-refractivity contribution in [3.8, 4) is 22.4 Å². The molecule has 0 atom stereocenters. The third kappa shape index (κ3) is 3.80. The van der Waals surface area contributed by atoms with Gasteiger partial charge in [-0.2, -0.15) is 0 Å². The molecule has 0 aliphatic carbocycles. The highest BCUT2D eigenvalue weighted by molar-refractivity contribution is 6.45. The van der Waals surface area contributed by atoms with Crippen LogP contribution in [-0.4, -0.2) is 4.98 Å². The second kappa shape index (κ2) is 7.40. The normalized spacial score (nSPS) is 11.0. The number of anilines is 1.